The van der Waals surface area contributed by atoms with Crippen molar-refractivity contribution in [2.45, 2.75) is 25.5 Å². The summed E-state index contributed by atoms with van der Waals surface area (Å²) >= 11 is 0. The number of hydrogen-bond acceptors (Lipinski definition) is 6. The van der Waals surface area contributed by atoms with Crippen LogP contribution in [0, 0.1) is 0 Å². The third-order valence-electron chi connectivity index (χ3n) is 4.95. The van der Waals surface area contributed by atoms with Gasteiger partial charge in [0.15, 0.2) is 0 Å². The van der Waals surface area contributed by atoms with Gasteiger partial charge in [-0.3, -0.25) is 4.79 Å². The summed E-state index contributed by atoms with van der Waals surface area (Å²) in [4.78, 5) is 25.4. The summed E-state index contributed by atoms with van der Waals surface area (Å²) in [6.45, 7) is 2.76. The van der Waals surface area contributed by atoms with Crippen LogP contribution >= 0.6 is 12.4 Å². The molecule has 1 aliphatic heterocycles. The molecule has 2 aromatic carbocycles. The molecule has 1 aliphatic rings. The van der Waals surface area contributed by atoms with Crippen molar-refractivity contribution in [3.8, 4) is 5.75 Å². The Hall–Kier alpha value is -2.77. The summed E-state index contributed by atoms with van der Waals surface area (Å²) in [5.41, 5.74) is 1.86. The highest BCUT2D eigenvalue weighted by Crippen LogP contribution is 2.14. The molecule has 1 atom stereocenters. The molecule has 0 unspecified atom stereocenters. The van der Waals surface area contributed by atoms with E-state index in [0.29, 0.717) is 19.7 Å². The zero-order valence-electron chi connectivity index (χ0n) is 17.6. The minimum atomic E-state index is -0.285. The van der Waals surface area contributed by atoms with E-state index in [1.165, 1.54) is 7.11 Å². The van der Waals surface area contributed by atoms with Crippen molar-refractivity contribution in [3.63, 3.8) is 0 Å². The number of piperazine rings is 1. The van der Waals surface area contributed by atoms with Gasteiger partial charge in [-0.2, -0.15) is 0 Å². The first kappa shape index (κ1) is 24.5. The summed E-state index contributed by atoms with van der Waals surface area (Å²) in [5.74, 6) is 0.484. The van der Waals surface area contributed by atoms with Crippen LogP contribution in [0.3, 0.4) is 0 Å². The van der Waals surface area contributed by atoms with E-state index in [-0.39, 0.29) is 43.5 Å². The molecule has 0 aliphatic carbocycles. The monoisotopic (exact) mass is 448 g/mol. The number of halogens is 1. The van der Waals surface area contributed by atoms with Gasteiger partial charge in [-0.15, -0.1) is 12.4 Å². The van der Waals surface area contributed by atoms with Gasteiger partial charge in [0.1, 0.15) is 12.4 Å². The minimum Gasteiger partial charge on any atom is -0.494 e. The van der Waals surface area contributed by atoms with Crippen LogP contribution in [-0.2, 0) is 27.3 Å². The first-order valence-corrected chi connectivity index (χ1v) is 10.1. The van der Waals surface area contributed by atoms with Crippen molar-refractivity contribution in [2.75, 3.05) is 33.4 Å². The van der Waals surface area contributed by atoms with Gasteiger partial charge in [-0.05, 0) is 29.7 Å². The summed E-state index contributed by atoms with van der Waals surface area (Å²) in [7, 11) is 1.38. The van der Waals surface area contributed by atoms with Crippen LogP contribution in [0.4, 0.5) is 4.79 Å². The SMILES string of the molecule is COC(=O)Cc1ccc(OCC[C@@H]2CN(C(=O)OCc3ccccc3)CCN2)cc1.Cl. The molecule has 3 rings (SSSR count). The number of carbonyl (C=O) groups is 2. The average Bonchev–Trinajstić information content (AvgIpc) is 2.79. The number of ether oxygens (including phenoxy) is 3. The van der Waals surface area contributed by atoms with Gasteiger partial charge in [0.25, 0.3) is 0 Å². The summed E-state index contributed by atoms with van der Waals surface area (Å²) in [6, 6.07) is 17.2. The number of amides is 1. The van der Waals surface area contributed by atoms with Crippen molar-refractivity contribution in [1.82, 2.24) is 10.2 Å². The van der Waals surface area contributed by atoms with E-state index >= 15 is 0 Å². The molecule has 31 heavy (non-hydrogen) atoms. The maximum atomic E-state index is 12.4. The maximum Gasteiger partial charge on any atom is 0.410 e. The number of nitrogens with zero attached hydrogens (tertiary/aromatic N) is 1. The Labute approximate surface area is 189 Å². The fraction of sp³-hybridized carbons (Fsp3) is 0.391. The van der Waals surface area contributed by atoms with Gasteiger partial charge < -0.3 is 24.4 Å². The van der Waals surface area contributed by atoms with Crippen LogP contribution < -0.4 is 10.1 Å². The Balaban J connectivity index is 0.00000341. The predicted molar refractivity (Wildman–Crippen MR) is 120 cm³/mol. The van der Waals surface area contributed by atoms with Crippen molar-refractivity contribution < 1.29 is 23.8 Å². The highest BCUT2D eigenvalue weighted by Gasteiger charge is 2.24. The number of nitrogens with one attached hydrogen (secondary N) is 1. The highest BCUT2D eigenvalue weighted by molar-refractivity contribution is 5.85. The molecular weight excluding hydrogens is 420 g/mol. The van der Waals surface area contributed by atoms with E-state index in [0.717, 1.165) is 29.8 Å². The van der Waals surface area contributed by atoms with Gasteiger partial charge in [-0.1, -0.05) is 42.5 Å². The van der Waals surface area contributed by atoms with Crippen molar-refractivity contribution in [2.24, 2.45) is 0 Å². The van der Waals surface area contributed by atoms with Gasteiger partial charge in [0, 0.05) is 25.7 Å². The normalized spacial score (nSPS) is 15.5. The third kappa shape index (κ3) is 8.11. The van der Waals surface area contributed by atoms with Crippen molar-refractivity contribution in [1.29, 1.82) is 0 Å². The van der Waals surface area contributed by atoms with Crippen molar-refractivity contribution >= 4 is 24.5 Å². The first-order valence-electron chi connectivity index (χ1n) is 10.1. The van der Waals surface area contributed by atoms with E-state index in [1.807, 2.05) is 54.6 Å². The number of esters is 1. The van der Waals surface area contributed by atoms with Gasteiger partial charge >= 0.3 is 12.1 Å². The lowest BCUT2D eigenvalue weighted by Gasteiger charge is -2.33. The Morgan fingerprint density at radius 3 is 2.52 bits per heavy atom. The molecule has 1 fully saturated rings. The standard InChI is InChI=1S/C23H28N2O5.ClH/c1-28-22(26)15-18-7-9-21(10-8-18)29-14-11-20-16-25(13-12-24-20)23(27)30-17-19-5-3-2-4-6-19;/h2-10,20,24H,11-17H2,1H3;1H/t20-;/m1./s1. The number of methoxy groups -OCH3 is 1. The second kappa shape index (κ2) is 12.8. The van der Waals surface area contributed by atoms with Crippen molar-refractivity contribution in [3.05, 3.63) is 65.7 Å². The predicted octanol–water partition coefficient (Wildman–Crippen LogP) is 3.20. The smallest absolute Gasteiger partial charge is 0.410 e. The van der Waals surface area contributed by atoms with Gasteiger partial charge in [0.05, 0.1) is 20.1 Å². The minimum absolute atomic E-state index is 0. The third-order valence-corrected chi connectivity index (χ3v) is 4.95. The Morgan fingerprint density at radius 2 is 1.81 bits per heavy atom. The number of carbonyl (C=O) groups excluding carboxylic acids is 2. The largest absolute Gasteiger partial charge is 0.494 e. The first-order chi connectivity index (χ1) is 14.6. The zero-order valence-corrected chi connectivity index (χ0v) is 18.4. The molecule has 1 saturated heterocycles. The molecule has 0 saturated carbocycles. The van der Waals surface area contributed by atoms with E-state index in [4.69, 9.17) is 9.47 Å². The van der Waals surface area contributed by atoms with E-state index in [2.05, 4.69) is 10.1 Å². The Bertz CT molecular complexity index is 816. The van der Waals surface area contributed by atoms with Gasteiger partial charge in [-0.25, -0.2) is 4.79 Å². The molecule has 2 aromatic rings. The molecule has 0 bridgehead atoms. The Morgan fingerprint density at radius 1 is 1.06 bits per heavy atom. The number of rotatable bonds is 8. The zero-order chi connectivity index (χ0) is 21.2. The molecule has 168 valence electrons. The van der Waals surface area contributed by atoms with E-state index < -0.39 is 0 Å². The van der Waals surface area contributed by atoms with Crippen LogP contribution in [-0.4, -0.2) is 56.4 Å². The molecule has 0 spiro atoms. The molecule has 7 nitrogen and oxygen atoms in total. The fourth-order valence-electron chi connectivity index (χ4n) is 3.26. The fourth-order valence-corrected chi connectivity index (χ4v) is 3.26. The lowest BCUT2D eigenvalue weighted by molar-refractivity contribution is -0.139. The Kier molecular flexibility index (Phi) is 10.1. The second-order valence-corrected chi connectivity index (χ2v) is 7.17. The van der Waals surface area contributed by atoms with Gasteiger partial charge in [0.2, 0.25) is 0 Å². The lowest BCUT2D eigenvalue weighted by Crippen LogP contribution is -2.53. The molecular formula is C23H29ClN2O5. The molecule has 1 amide bonds. The average molecular weight is 449 g/mol. The summed E-state index contributed by atoms with van der Waals surface area (Å²) < 4.78 is 15.9. The maximum absolute atomic E-state index is 12.4. The number of benzene rings is 2. The summed E-state index contributed by atoms with van der Waals surface area (Å²) in [5, 5.41) is 3.42. The molecule has 0 radical (unpaired) electrons. The quantitative estimate of drug-likeness (QED) is 0.625. The van der Waals surface area contributed by atoms with Crippen LogP contribution in [0.5, 0.6) is 5.75 Å². The van der Waals surface area contributed by atoms with Crippen LogP contribution in [0.2, 0.25) is 0 Å². The molecule has 0 aromatic heterocycles. The lowest BCUT2D eigenvalue weighted by atomic mass is 10.1. The van der Waals surface area contributed by atoms with E-state index in [9.17, 15) is 9.59 Å². The molecule has 8 heteroatoms. The van der Waals surface area contributed by atoms with Crippen LogP contribution in [0.25, 0.3) is 0 Å². The van der Waals surface area contributed by atoms with E-state index in [1.54, 1.807) is 4.90 Å². The van der Waals surface area contributed by atoms with Crippen LogP contribution in [0.15, 0.2) is 54.6 Å². The molecule has 1 heterocycles. The van der Waals surface area contributed by atoms with Crippen LogP contribution in [0.1, 0.15) is 17.5 Å². The highest BCUT2D eigenvalue weighted by atomic mass is 35.5. The molecule has 1 N–H and O–H groups in total. The topological polar surface area (TPSA) is 77.1 Å². The summed E-state index contributed by atoms with van der Waals surface area (Å²) in [6.07, 6.45) is 0.734. The number of hydrogen-bond donors (Lipinski definition) is 1. The second-order valence-electron chi connectivity index (χ2n) is 7.17.